The van der Waals surface area contributed by atoms with Crippen molar-refractivity contribution in [3.05, 3.63) is 11.9 Å². The lowest BCUT2D eigenvalue weighted by Crippen LogP contribution is -2.35. The van der Waals surface area contributed by atoms with Crippen molar-refractivity contribution >= 4 is 0 Å². The van der Waals surface area contributed by atoms with E-state index in [0.717, 1.165) is 45.6 Å². The first-order valence-corrected chi connectivity index (χ1v) is 7.56. The number of aryl methyl sites for hydroxylation is 1. The van der Waals surface area contributed by atoms with Crippen LogP contribution in [0.2, 0.25) is 0 Å². The first-order chi connectivity index (χ1) is 9.36. The molecule has 0 amide bonds. The molecule has 0 aromatic carbocycles. The summed E-state index contributed by atoms with van der Waals surface area (Å²) in [7, 11) is 0. The van der Waals surface area contributed by atoms with Gasteiger partial charge in [-0.1, -0.05) is 19.1 Å². The second-order valence-electron chi connectivity index (χ2n) is 5.29. The van der Waals surface area contributed by atoms with E-state index >= 15 is 0 Å². The van der Waals surface area contributed by atoms with Gasteiger partial charge in [-0.05, 0) is 32.2 Å². The molecule has 0 spiro atoms. The van der Waals surface area contributed by atoms with Gasteiger partial charge in [0, 0.05) is 19.1 Å². The van der Waals surface area contributed by atoms with Gasteiger partial charge in [0.1, 0.15) is 0 Å². The Morgan fingerprint density at radius 1 is 1.47 bits per heavy atom. The van der Waals surface area contributed by atoms with Crippen molar-refractivity contribution in [1.82, 2.24) is 20.3 Å². The molecule has 2 unspecified atom stereocenters. The molecule has 5 heteroatoms. The molecular formula is C14H26N4O. The Morgan fingerprint density at radius 2 is 2.37 bits per heavy atom. The lowest BCUT2D eigenvalue weighted by molar-refractivity contribution is 0.0376. The summed E-state index contributed by atoms with van der Waals surface area (Å²) in [6.07, 6.45) is 6.51. The SMILES string of the molecule is CCCNC(c1cnnn1CCC)C1CCCOC1. The standard InChI is InChI=1S/C14H26N4O/c1-3-7-15-14(12-6-5-9-19-11-12)13-10-16-17-18(13)8-4-2/h10,12,14-15H,3-9,11H2,1-2H3. The molecule has 5 nitrogen and oxygen atoms in total. The van der Waals surface area contributed by atoms with Crippen molar-refractivity contribution in [2.45, 2.75) is 52.1 Å². The summed E-state index contributed by atoms with van der Waals surface area (Å²) in [5.41, 5.74) is 1.21. The Labute approximate surface area is 115 Å². The van der Waals surface area contributed by atoms with Gasteiger partial charge in [0.25, 0.3) is 0 Å². The van der Waals surface area contributed by atoms with E-state index in [4.69, 9.17) is 4.74 Å². The van der Waals surface area contributed by atoms with Crippen LogP contribution in [-0.4, -0.2) is 34.8 Å². The Bertz CT molecular complexity index is 360. The number of rotatable bonds is 7. The quantitative estimate of drug-likeness (QED) is 0.821. The zero-order valence-electron chi connectivity index (χ0n) is 12.1. The van der Waals surface area contributed by atoms with Gasteiger partial charge in [-0.25, -0.2) is 4.68 Å². The maximum atomic E-state index is 5.65. The minimum Gasteiger partial charge on any atom is -0.381 e. The van der Waals surface area contributed by atoms with Crippen LogP contribution in [0.25, 0.3) is 0 Å². The third-order valence-corrected chi connectivity index (χ3v) is 3.68. The van der Waals surface area contributed by atoms with Crippen molar-refractivity contribution in [3.63, 3.8) is 0 Å². The molecule has 2 atom stereocenters. The average Bonchev–Trinajstić information content (AvgIpc) is 2.89. The minimum absolute atomic E-state index is 0.321. The van der Waals surface area contributed by atoms with Crippen LogP contribution in [0.5, 0.6) is 0 Å². The lowest BCUT2D eigenvalue weighted by atomic mass is 9.91. The normalized spacial score (nSPS) is 21.5. The third kappa shape index (κ3) is 3.76. The minimum atomic E-state index is 0.321. The van der Waals surface area contributed by atoms with Crippen LogP contribution in [0.3, 0.4) is 0 Å². The maximum absolute atomic E-state index is 5.65. The number of aromatic nitrogens is 3. The molecule has 1 saturated heterocycles. The molecule has 1 fully saturated rings. The molecule has 19 heavy (non-hydrogen) atoms. The highest BCUT2D eigenvalue weighted by Crippen LogP contribution is 2.28. The zero-order chi connectivity index (χ0) is 13.5. The molecule has 108 valence electrons. The van der Waals surface area contributed by atoms with Gasteiger partial charge in [-0.2, -0.15) is 0 Å². The van der Waals surface area contributed by atoms with Crippen molar-refractivity contribution < 1.29 is 4.74 Å². The lowest BCUT2D eigenvalue weighted by Gasteiger charge is -2.31. The summed E-state index contributed by atoms with van der Waals surface area (Å²) in [4.78, 5) is 0. The molecular weight excluding hydrogens is 240 g/mol. The van der Waals surface area contributed by atoms with E-state index in [2.05, 4.69) is 29.5 Å². The summed E-state index contributed by atoms with van der Waals surface area (Å²) in [5, 5.41) is 12.0. The van der Waals surface area contributed by atoms with Crippen molar-refractivity contribution in [2.24, 2.45) is 5.92 Å². The second kappa shape index (κ2) is 7.60. The van der Waals surface area contributed by atoms with E-state index in [-0.39, 0.29) is 0 Å². The van der Waals surface area contributed by atoms with E-state index in [9.17, 15) is 0 Å². The van der Waals surface area contributed by atoms with Gasteiger partial charge in [0.2, 0.25) is 0 Å². The van der Waals surface area contributed by atoms with Crippen LogP contribution >= 0.6 is 0 Å². The van der Waals surface area contributed by atoms with Crippen molar-refractivity contribution in [3.8, 4) is 0 Å². The van der Waals surface area contributed by atoms with Gasteiger partial charge in [0.05, 0.1) is 24.5 Å². The number of hydrogen-bond acceptors (Lipinski definition) is 4. The van der Waals surface area contributed by atoms with Gasteiger partial charge in [-0.15, -0.1) is 5.10 Å². The number of nitrogens with zero attached hydrogens (tertiary/aromatic N) is 3. The van der Waals surface area contributed by atoms with Crippen LogP contribution in [0.15, 0.2) is 6.20 Å². The highest BCUT2D eigenvalue weighted by Gasteiger charge is 2.27. The number of nitrogens with one attached hydrogen (secondary N) is 1. The molecule has 0 radical (unpaired) electrons. The fourth-order valence-corrected chi connectivity index (χ4v) is 2.73. The molecule has 1 N–H and O–H groups in total. The molecule has 2 rings (SSSR count). The third-order valence-electron chi connectivity index (χ3n) is 3.68. The molecule has 0 saturated carbocycles. The van der Waals surface area contributed by atoms with Crippen LogP contribution < -0.4 is 5.32 Å². The maximum Gasteiger partial charge on any atom is 0.0760 e. The molecule has 0 bridgehead atoms. The predicted molar refractivity (Wildman–Crippen MR) is 74.9 cm³/mol. The van der Waals surface area contributed by atoms with Gasteiger partial charge >= 0.3 is 0 Å². The summed E-state index contributed by atoms with van der Waals surface area (Å²) >= 11 is 0. The molecule has 0 aliphatic carbocycles. The fraction of sp³-hybridized carbons (Fsp3) is 0.857. The number of ether oxygens (including phenoxy) is 1. The van der Waals surface area contributed by atoms with Gasteiger partial charge < -0.3 is 10.1 Å². The highest BCUT2D eigenvalue weighted by atomic mass is 16.5. The largest absolute Gasteiger partial charge is 0.381 e. The molecule has 1 aromatic heterocycles. The van der Waals surface area contributed by atoms with Crippen molar-refractivity contribution in [1.29, 1.82) is 0 Å². The summed E-state index contributed by atoms with van der Waals surface area (Å²) in [5.74, 6) is 0.536. The summed E-state index contributed by atoms with van der Waals surface area (Å²) in [6, 6.07) is 0.321. The van der Waals surface area contributed by atoms with E-state index in [0.29, 0.717) is 12.0 Å². The topological polar surface area (TPSA) is 52.0 Å². The van der Waals surface area contributed by atoms with Crippen LogP contribution in [-0.2, 0) is 11.3 Å². The Morgan fingerprint density at radius 3 is 3.05 bits per heavy atom. The zero-order valence-corrected chi connectivity index (χ0v) is 12.1. The van der Waals surface area contributed by atoms with E-state index < -0.39 is 0 Å². The summed E-state index contributed by atoms with van der Waals surface area (Å²) < 4.78 is 7.69. The monoisotopic (exact) mass is 266 g/mol. The van der Waals surface area contributed by atoms with Crippen LogP contribution in [0.4, 0.5) is 0 Å². The molecule has 1 aromatic rings. The van der Waals surface area contributed by atoms with E-state index in [1.54, 1.807) is 0 Å². The van der Waals surface area contributed by atoms with Crippen molar-refractivity contribution in [2.75, 3.05) is 19.8 Å². The first kappa shape index (κ1) is 14.5. The predicted octanol–water partition coefficient (Wildman–Crippen LogP) is 2.16. The van der Waals surface area contributed by atoms with E-state index in [1.807, 2.05) is 10.9 Å². The van der Waals surface area contributed by atoms with E-state index in [1.165, 1.54) is 12.1 Å². The summed E-state index contributed by atoms with van der Waals surface area (Å²) in [6.45, 7) is 8.08. The Kier molecular flexibility index (Phi) is 5.79. The number of hydrogen-bond donors (Lipinski definition) is 1. The fourth-order valence-electron chi connectivity index (χ4n) is 2.73. The average molecular weight is 266 g/mol. The van der Waals surface area contributed by atoms with Crippen LogP contribution in [0.1, 0.15) is 51.3 Å². The molecule has 2 heterocycles. The van der Waals surface area contributed by atoms with Crippen LogP contribution in [0, 0.1) is 5.92 Å². The highest BCUT2D eigenvalue weighted by molar-refractivity contribution is 5.05. The Balaban J connectivity index is 2.12. The molecule has 1 aliphatic heterocycles. The second-order valence-corrected chi connectivity index (χ2v) is 5.29. The molecule has 1 aliphatic rings. The smallest absolute Gasteiger partial charge is 0.0760 e. The van der Waals surface area contributed by atoms with Gasteiger partial charge in [-0.3, -0.25) is 0 Å². The van der Waals surface area contributed by atoms with Gasteiger partial charge in [0.15, 0.2) is 0 Å². The first-order valence-electron chi connectivity index (χ1n) is 7.56. The Hall–Kier alpha value is -0.940.